The van der Waals surface area contributed by atoms with Gasteiger partial charge in [0.2, 0.25) is 0 Å². The van der Waals surface area contributed by atoms with E-state index in [9.17, 15) is 0 Å². The molecule has 0 unspecified atom stereocenters. The van der Waals surface area contributed by atoms with Crippen LogP contribution in [0.5, 0.6) is 5.75 Å². The summed E-state index contributed by atoms with van der Waals surface area (Å²) >= 11 is 0. The number of aryl methyl sites for hydroxylation is 2. The Bertz CT molecular complexity index is 877. The highest BCUT2D eigenvalue weighted by Crippen LogP contribution is 2.53. The minimum Gasteiger partial charge on any atom is -0.496 e. The molecule has 40 heavy (non-hydrogen) atoms. The molecule has 1 spiro atoms. The maximum atomic E-state index is 5.47. The SMILES string of the molecule is C=C.C=CCC.CCCCCCCc1ncc(-c2ccc(C)cc2OC)[nH]1.CCN1CCC2(CC1)CC2.CNC. The zero-order valence-electron chi connectivity index (χ0n) is 27.2. The molecule has 1 saturated heterocycles. The number of methoxy groups -OCH3 is 1. The van der Waals surface area contributed by atoms with Crippen molar-refractivity contribution in [2.45, 2.75) is 98.3 Å². The Kier molecular flexibility index (Phi) is 22.0. The molecule has 2 fully saturated rings. The molecule has 1 aliphatic heterocycles. The van der Waals surface area contributed by atoms with Gasteiger partial charge < -0.3 is 19.9 Å². The van der Waals surface area contributed by atoms with Crippen molar-refractivity contribution >= 4 is 0 Å². The number of aromatic nitrogens is 2. The van der Waals surface area contributed by atoms with Crippen molar-refractivity contribution in [3.8, 4) is 17.0 Å². The lowest BCUT2D eigenvalue weighted by atomic mass is 9.94. The number of hydrogen-bond acceptors (Lipinski definition) is 4. The molecule has 5 nitrogen and oxygen atoms in total. The zero-order chi connectivity index (χ0) is 30.2. The van der Waals surface area contributed by atoms with Gasteiger partial charge in [-0.2, -0.15) is 0 Å². The Morgan fingerprint density at radius 1 is 1.02 bits per heavy atom. The van der Waals surface area contributed by atoms with E-state index in [4.69, 9.17) is 4.74 Å². The highest BCUT2D eigenvalue weighted by Gasteiger charge is 2.43. The van der Waals surface area contributed by atoms with Crippen LogP contribution in [-0.2, 0) is 6.42 Å². The highest BCUT2D eigenvalue weighted by atomic mass is 16.5. The van der Waals surface area contributed by atoms with Crippen LogP contribution >= 0.6 is 0 Å². The van der Waals surface area contributed by atoms with Gasteiger partial charge in [0.1, 0.15) is 11.6 Å². The Morgan fingerprint density at radius 2 is 1.62 bits per heavy atom. The molecule has 0 amide bonds. The number of likely N-dealkylation sites (tertiary alicyclic amines) is 1. The molecule has 228 valence electrons. The first-order valence-electron chi connectivity index (χ1n) is 15.5. The van der Waals surface area contributed by atoms with Crippen molar-refractivity contribution in [2.24, 2.45) is 5.41 Å². The number of allylic oxidation sites excluding steroid dienone is 1. The topological polar surface area (TPSA) is 53.2 Å². The molecule has 0 radical (unpaired) electrons. The molecule has 2 N–H and O–H groups in total. The van der Waals surface area contributed by atoms with Gasteiger partial charge in [-0.25, -0.2) is 4.98 Å². The van der Waals surface area contributed by atoms with Crippen LogP contribution in [0.4, 0.5) is 0 Å². The van der Waals surface area contributed by atoms with Crippen molar-refractivity contribution in [2.75, 3.05) is 40.8 Å². The molecule has 1 saturated carbocycles. The third-order valence-electron chi connectivity index (χ3n) is 7.40. The van der Waals surface area contributed by atoms with Crippen molar-refractivity contribution < 1.29 is 4.74 Å². The fourth-order valence-electron chi connectivity index (χ4n) is 4.56. The third kappa shape index (κ3) is 15.4. The number of piperidine rings is 1. The quantitative estimate of drug-likeness (QED) is 0.227. The number of H-pyrrole nitrogens is 1. The largest absolute Gasteiger partial charge is 0.496 e. The minimum absolute atomic E-state index is 0.867. The molecular weight excluding hydrogens is 492 g/mol. The fraction of sp³-hybridized carbons (Fsp3) is 0.629. The summed E-state index contributed by atoms with van der Waals surface area (Å²) in [7, 11) is 5.46. The number of nitrogens with one attached hydrogen (secondary N) is 2. The maximum Gasteiger partial charge on any atom is 0.128 e. The van der Waals surface area contributed by atoms with Crippen LogP contribution in [0.3, 0.4) is 0 Å². The summed E-state index contributed by atoms with van der Waals surface area (Å²) in [5.41, 5.74) is 4.18. The van der Waals surface area contributed by atoms with E-state index >= 15 is 0 Å². The maximum absolute atomic E-state index is 5.47. The summed E-state index contributed by atoms with van der Waals surface area (Å²) in [6.45, 7) is 22.1. The first-order valence-corrected chi connectivity index (χ1v) is 15.5. The number of rotatable bonds is 10. The van der Waals surface area contributed by atoms with Crippen LogP contribution in [0, 0.1) is 12.3 Å². The molecule has 2 heterocycles. The molecule has 5 heteroatoms. The van der Waals surface area contributed by atoms with E-state index in [1.54, 1.807) is 7.11 Å². The Balaban J connectivity index is 0.000000658. The molecule has 0 bridgehead atoms. The molecular formula is C35H62N4O. The van der Waals surface area contributed by atoms with Crippen LogP contribution in [-0.4, -0.2) is 55.7 Å². The van der Waals surface area contributed by atoms with Crippen LogP contribution in [0.1, 0.15) is 96.4 Å². The molecule has 1 aliphatic carbocycles. The number of unbranched alkanes of at least 4 members (excludes halogenated alkanes) is 4. The molecule has 2 aliphatic rings. The minimum atomic E-state index is 0.867. The Morgan fingerprint density at radius 3 is 2.12 bits per heavy atom. The molecule has 2 aromatic rings. The summed E-state index contributed by atoms with van der Waals surface area (Å²) in [5, 5.41) is 2.75. The summed E-state index contributed by atoms with van der Waals surface area (Å²) in [6, 6.07) is 6.25. The second kappa shape index (κ2) is 23.3. The number of ether oxygens (including phenoxy) is 1. The van der Waals surface area contributed by atoms with Crippen molar-refractivity contribution in [1.29, 1.82) is 0 Å². The van der Waals surface area contributed by atoms with Crippen LogP contribution in [0.2, 0.25) is 0 Å². The third-order valence-corrected chi connectivity index (χ3v) is 7.40. The van der Waals surface area contributed by atoms with Gasteiger partial charge in [0.15, 0.2) is 0 Å². The first-order chi connectivity index (χ1) is 19.4. The molecule has 1 aromatic heterocycles. The molecule has 1 aromatic carbocycles. The lowest BCUT2D eigenvalue weighted by molar-refractivity contribution is 0.180. The average Bonchev–Trinajstić information content (AvgIpc) is 3.58. The summed E-state index contributed by atoms with van der Waals surface area (Å²) in [6.07, 6.45) is 18.4. The van der Waals surface area contributed by atoms with E-state index in [0.29, 0.717) is 0 Å². The number of imidazole rings is 1. The van der Waals surface area contributed by atoms with E-state index in [1.807, 2.05) is 26.4 Å². The second-order valence-electron chi connectivity index (χ2n) is 10.7. The van der Waals surface area contributed by atoms with Gasteiger partial charge in [0.25, 0.3) is 0 Å². The van der Waals surface area contributed by atoms with Crippen LogP contribution in [0.25, 0.3) is 11.3 Å². The van der Waals surface area contributed by atoms with Crippen molar-refractivity contribution in [1.82, 2.24) is 20.2 Å². The van der Waals surface area contributed by atoms with Gasteiger partial charge in [-0.3, -0.25) is 0 Å². The number of nitrogens with zero attached hydrogens (tertiary/aromatic N) is 2. The van der Waals surface area contributed by atoms with E-state index in [0.717, 1.165) is 41.1 Å². The molecule has 4 rings (SSSR count). The zero-order valence-corrected chi connectivity index (χ0v) is 27.2. The lowest BCUT2D eigenvalue weighted by Crippen LogP contribution is -2.34. The van der Waals surface area contributed by atoms with E-state index in [-0.39, 0.29) is 0 Å². The number of hydrogen-bond donors (Lipinski definition) is 2. The summed E-state index contributed by atoms with van der Waals surface area (Å²) < 4.78 is 5.47. The van der Waals surface area contributed by atoms with Gasteiger partial charge in [0, 0.05) is 12.0 Å². The van der Waals surface area contributed by atoms with Gasteiger partial charge in [0.05, 0.1) is 19.0 Å². The van der Waals surface area contributed by atoms with Crippen LogP contribution < -0.4 is 10.1 Å². The predicted molar refractivity (Wildman–Crippen MR) is 178 cm³/mol. The van der Waals surface area contributed by atoms with E-state index in [2.05, 4.69) is 85.8 Å². The van der Waals surface area contributed by atoms with Crippen LogP contribution in [0.15, 0.2) is 50.2 Å². The van der Waals surface area contributed by atoms with Gasteiger partial charge in [-0.05, 0) is 102 Å². The number of benzene rings is 1. The molecule has 0 atom stereocenters. The van der Waals surface area contributed by atoms with Gasteiger partial charge >= 0.3 is 0 Å². The highest BCUT2D eigenvalue weighted by molar-refractivity contribution is 5.67. The average molecular weight is 555 g/mol. The predicted octanol–water partition coefficient (Wildman–Crippen LogP) is 9.01. The smallest absolute Gasteiger partial charge is 0.128 e. The van der Waals surface area contributed by atoms with Gasteiger partial charge in [-0.15, -0.1) is 19.7 Å². The lowest BCUT2D eigenvalue weighted by Gasteiger charge is -2.30. The normalized spacial score (nSPS) is 14.6. The summed E-state index contributed by atoms with van der Waals surface area (Å²) in [5.74, 6) is 1.97. The van der Waals surface area contributed by atoms with Crippen molar-refractivity contribution in [3.63, 3.8) is 0 Å². The van der Waals surface area contributed by atoms with Gasteiger partial charge in [-0.1, -0.05) is 58.6 Å². The Labute approximate surface area is 247 Å². The fourth-order valence-corrected chi connectivity index (χ4v) is 4.56. The first kappa shape index (κ1) is 37.6. The van der Waals surface area contributed by atoms with E-state index < -0.39 is 0 Å². The monoisotopic (exact) mass is 554 g/mol. The standard InChI is InChI=1S/C18H26N2O.C9H17N.C4H8.C2H7N.C2H4/c1-4-5-6-7-8-9-18-19-13-16(20-18)15-11-10-14(2)12-17(15)21-3;1-2-10-7-5-9(3-4-9)6-8-10;1-3-4-2;1-3-2;1-2/h10-13H,4-9H2,1-3H3,(H,19,20);2-8H2,1H3;3H,1,4H2,2H3;3H,1-2H3;1-2H2. The van der Waals surface area contributed by atoms with Crippen molar-refractivity contribution in [3.05, 3.63) is 61.6 Å². The Hall–Kier alpha value is -2.37. The van der Waals surface area contributed by atoms with E-state index in [1.165, 1.54) is 83.0 Å². The summed E-state index contributed by atoms with van der Waals surface area (Å²) in [4.78, 5) is 10.5. The number of aromatic amines is 1. The second-order valence-corrected chi connectivity index (χ2v) is 10.7.